The molecule has 0 radical (unpaired) electrons. The minimum absolute atomic E-state index is 0.141. The molecule has 0 aliphatic rings. The number of nitrogens with one attached hydrogen (secondary N) is 2. The number of rotatable bonds is 8. The second kappa shape index (κ2) is 9.23. The zero-order valence-corrected chi connectivity index (χ0v) is 16.1. The van der Waals surface area contributed by atoms with E-state index in [9.17, 15) is 9.59 Å². The molecule has 2 amide bonds. The number of methoxy groups -OCH3 is 1. The summed E-state index contributed by atoms with van der Waals surface area (Å²) in [6, 6.07) is 6.96. The number of aromatic nitrogens is 3. The number of hydrogen-bond acceptors (Lipinski definition) is 6. The summed E-state index contributed by atoms with van der Waals surface area (Å²) >= 11 is 1.26. The fourth-order valence-electron chi connectivity index (χ4n) is 2.31. The average Bonchev–Trinajstić information content (AvgIpc) is 3.00. The van der Waals surface area contributed by atoms with E-state index in [4.69, 9.17) is 4.74 Å². The Hall–Kier alpha value is -2.55. The van der Waals surface area contributed by atoms with Gasteiger partial charge in [-0.2, -0.15) is 0 Å². The minimum Gasteiger partial charge on any atom is -0.496 e. The number of ether oxygens (including phenoxy) is 1. The van der Waals surface area contributed by atoms with Gasteiger partial charge in [0.15, 0.2) is 11.0 Å². The maximum Gasteiger partial charge on any atom is 0.242 e. The van der Waals surface area contributed by atoms with Crippen molar-refractivity contribution in [2.45, 2.75) is 25.0 Å². The molecule has 8 nitrogen and oxygen atoms in total. The Morgan fingerprint density at radius 1 is 1.31 bits per heavy atom. The smallest absolute Gasteiger partial charge is 0.242 e. The van der Waals surface area contributed by atoms with Gasteiger partial charge in [0.05, 0.1) is 18.4 Å². The fraction of sp³-hybridized carbons (Fsp3) is 0.412. The van der Waals surface area contributed by atoms with Crippen LogP contribution in [0.1, 0.15) is 13.8 Å². The van der Waals surface area contributed by atoms with Gasteiger partial charge in [0.25, 0.3) is 0 Å². The van der Waals surface area contributed by atoms with Crippen molar-refractivity contribution in [3.8, 4) is 17.1 Å². The summed E-state index contributed by atoms with van der Waals surface area (Å²) in [4.78, 5) is 23.7. The Morgan fingerprint density at radius 2 is 2.04 bits per heavy atom. The molecule has 1 aromatic carbocycles. The Balaban J connectivity index is 2.00. The molecule has 0 saturated carbocycles. The monoisotopic (exact) mass is 377 g/mol. The van der Waals surface area contributed by atoms with Crippen molar-refractivity contribution in [1.82, 2.24) is 25.4 Å². The molecule has 2 rings (SSSR count). The summed E-state index contributed by atoms with van der Waals surface area (Å²) in [5.41, 5.74) is 0.825. The molecule has 1 heterocycles. The van der Waals surface area contributed by atoms with Crippen LogP contribution in [0.2, 0.25) is 0 Å². The summed E-state index contributed by atoms with van der Waals surface area (Å²) in [6.45, 7) is 4.00. The first-order chi connectivity index (χ1) is 12.5. The van der Waals surface area contributed by atoms with Crippen LogP contribution in [0.5, 0.6) is 5.75 Å². The zero-order valence-electron chi connectivity index (χ0n) is 15.3. The molecule has 0 aliphatic carbocycles. The van der Waals surface area contributed by atoms with E-state index in [0.29, 0.717) is 23.3 Å². The molecule has 140 valence electrons. The summed E-state index contributed by atoms with van der Waals surface area (Å²) in [5, 5.41) is 14.3. The van der Waals surface area contributed by atoms with Gasteiger partial charge < -0.3 is 19.9 Å². The molecule has 1 atom stereocenters. The van der Waals surface area contributed by atoms with E-state index in [0.717, 1.165) is 5.56 Å². The summed E-state index contributed by atoms with van der Waals surface area (Å²) in [6.07, 6.45) is 0. The topological polar surface area (TPSA) is 98.1 Å². The van der Waals surface area contributed by atoms with Crippen molar-refractivity contribution in [1.29, 1.82) is 0 Å². The molecular formula is C17H23N5O3S. The van der Waals surface area contributed by atoms with Gasteiger partial charge in [-0.3, -0.25) is 9.59 Å². The normalized spacial score (nSPS) is 11.7. The van der Waals surface area contributed by atoms with Crippen LogP contribution in [-0.4, -0.2) is 52.0 Å². The molecule has 2 N–H and O–H groups in total. The summed E-state index contributed by atoms with van der Waals surface area (Å²) in [7, 11) is 3.43. The first kappa shape index (κ1) is 19.8. The molecule has 0 unspecified atom stereocenters. The number of para-hydroxylation sites is 1. The number of thioether (sulfide) groups is 1. The van der Waals surface area contributed by atoms with Crippen LogP contribution < -0.4 is 15.4 Å². The number of benzene rings is 1. The van der Waals surface area contributed by atoms with E-state index in [-0.39, 0.29) is 17.6 Å². The highest BCUT2D eigenvalue weighted by atomic mass is 32.2. The molecule has 0 spiro atoms. The van der Waals surface area contributed by atoms with E-state index in [1.54, 1.807) is 14.0 Å². The largest absolute Gasteiger partial charge is 0.496 e. The van der Waals surface area contributed by atoms with E-state index >= 15 is 0 Å². The van der Waals surface area contributed by atoms with Crippen LogP contribution in [0.3, 0.4) is 0 Å². The first-order valence-corrected chi connectivity index (χ1v) is 9.19. The van der Waals surface area contributed by atoms with E-state index in [2.05, 4.69) is 20.8 Å². The van der Waals surface area contributed by atoms with Crippen LogP contribution in [0.4, 0.5) is 0 Å². The fourth-order valence-corrected chi connectivity index (χ4v) is 3.03. The number of carbonyl (C=O) groups is 2. The van der Waals surface area contributed by atoms with E-state index < -0.39 is 6.04 Å². The third-order valence-electron chi connectivity index (χ3n) is 3.64. The van der Waals surface area contributed by atoms with Gasteiger partial charge in [0, 0.05) is 13.6 Å². The zero-order chi connectivity index (χ0) is 19.1. The Labute approximate surface area is 156 Å². The first-order valence-electron chi connectivity index (χ1n) is 8.20. The van der Waals surface area contributed by atoms with Crippen molar-refractivity contribution in [2.75, 3.05) is 19.4 Å². The Morgan fingerprint density at radius 3 is 2.73 bits per heavy atom. The molecular weight excluding hydrogens is 354 g/mol. The van der Waals surface area contributed by atoms with Crippen molar-refractivity contribution >= 4 is 23.6 Å². The van der Waals surface area contributed by atoms with Gasteiger partial charge >= 0.3 is 0 Å². The molecule has 0 fully saturated rings. The molecule has 0 aliphatic heterocycles. The van der Waals surface area contributed by atoms with Crippen LogP contribution in [0.15, 0.2) is 29.4 Å². The lowest BCUT2D eigenvalue weighted by molar-refractivity contribution is -0.127. The van der Waals surface area contributed by atoms with E-state index in [1.165, 1.54) is 11.8 Å². The predicted octanol–water partition coefficient (Wildman–Crippen LogP) is 1.22. The molecule has 1 aromatic heterocycles. The van der Waals surface area contributed by atoms with Crippen molar-refractivity contribution in [2.24, 2.45) is 7.05 Å². The third-order valence-corrected chi connectivity index (χ3v) is 4.66. The van der Waals surface area contributed by atoms with Gasteiger partial charge in [-0.15, -0.1) is 10.2 Å². The second-order valence-electron chi connectivity index (χ2n) is 5.54. The number of hydrogen-bond donors (Lipinski definition) is 2. The number of carbonyl (C=O) groups excluding carboxylic acids is 2. The lowest BCUT2D eigenvalue weighted by atomic mass is 10.2. The maximum absolute atomic E-state index is 12.0. The van der Waals surface area contributed by atoms with Gasteiger partial charge in [0.2, 0.25) is 11.8 Å². The van der Waals surface area contributed by atoms with Crippen LogP contribution in [-0.2, 0) is 16.6 Å². The van der Waals surface area contributed by atoms with Gasteiger partial charge in [-0.25, -0.2) is 0 Å². The number of nitrogens with zero attached hydrogens (tertiary/aromatic N) is 3. The minimum atomic E-state index is -0.577. The molecule has 0 bridgehead atoms. The van der Waals surface area contributed by atoms with Crippen molar-refractivity contribution in [3.05, 3.63) is 24.3 Å². The van der Waals surface area contributed by atoms with Crippen LogP contribution in [0.25, 0.3) is 11.4 Å². The quantitative estimate of drug-likeness (QED) is 0.672. The average molecular weight is 377 g/mol. The standard InChI is InChI=1S/C17H23N5O3S/c1-5-18-16(24)11(2)19-14(23)10-26-17-21-20-15(22(17)3)12-8-6-7-9-13(12)25-4/h6-9,11H,5,10H2,1-4H3,(H,18,24)(H,19,23)/t11-/m1/s1. The van der Waals surface area contributed by atoms with Crippen LogP contribution in [0, 0.1) is 0 Å². The Kier molecular flexibility index (Phi) is 7.02. The van der Waals surface area contributed by atoms with Crippen molar-refractivity contribution < 1.29 is 14.3 Å². The number of likely N-dealkylation sites (N-methyl/N-ethyl adjacent to an activating group) is 1. The third kappa shape index (κ3) is 4.75. The second-order valence-corrected chi connectivity index (χ2v) is 6.48. The highest BCUT2D eigenvalue weighted by Crippen LogP contribution is 2.29. The lowest BCUT2D eigenvalue weighted by Gasteiger charge is -2.13. The molecule has 9 heteroatoms. The Bertz CT molecular complexity index is 778. The highest BCUT2D eigenvalue weighted by molar-refractivity contribution is 7.99. The van der Waals surface area contributed by atoms with Crippen molar-refractivity contribution in [3.63, 3.8) is 0 Å². The van der Waals surface area contributed by atoms with Gasteiger partial charge in [-0.05, 0) is 26.0 Å². The lowest BCUT2D eigenvalue weighted by Crippen LogP contribution is -2.45. The van der Waals surface area contributed by atoms with E-state index in [1.807, 2.05) is 42.8 Å². The predicted molar refractivity (Wildman–Crippen MR) is 100 cm³/mol. The van der Waals surface area contributed by atoms with Gasteiger partial charge in [0.1, 0.15) is 11.8 Å². The SMILES string of the molecule is CCNC(=O)[C@@H](C)NC(=O)CSc1nnc(-c2ccccc2OC)n1C. The molecule has 2 aromatic rings. The molecule has 0 saturated heterocycles. The summed E-state index contributed by atoms with van der Waals surface area (Å²) in [5.74, 6) is 1.05. The summed E-state index contributed by atoms with van der Waals surface area (Å²) < 4.78 is 7.17. The number of amides is 2. The van der Waals surface area contributed by atoms with Crippen LogP contribution >= 0.6 is 11.8 Å². The highest BCUT2D eigenvalue weighted by Gasteiger charge is 2.18. The molecule has 26 heavy (non-hydrogen) atoms. The maximum atomic E-state index is 12.0. The van der Waals surface area contributed by atoms with Gasteiger partial charge in [-0.1, -0.05) is 23.9 Å².